The van der Waals surface area contributed by atoms with Gasteiger partial charge in [0.25, 0.3) is 0 Å². The van der Waals surface area contributed by atoms with Crippen LogP contribution in [0.3, 0.4) is 0 Å². The fourth-order valence-electron chi connectivity index (χ4n) is 2.34. The van der Waals surface area contributed by atoms with Gasteiger partial charge in [-0.2, -0.15) is 0 Å². The predicted molar refractivity (Wildman–Crippen MR) is 97.7 cm³/mol. The van der Waals surface area contributed by atoms with Crippen molar-refractivity contribution in [1.29, 1.82) is 0 Å². The third kappa shape index (κ3) is 4.76. The van der Waals surface area contributed by atoms with E-state index in [0.717, 1.165) is 0 Å². The zero-order chi connectivity index (χ0) is 20.1. The largest absolute Gasteiger partial charge is 0.490 e. The van der Waals surface area contributed by atoms with Crippen molar-refractivity contribution in [2.75, 3.05) is 13.2 Å². The quantitative estimate of drug-likeness (QED) is 0.478. The van der Waals surface area contributed by atoms with Gasteiger partial charge in [0.2, 0.25) is 15.8 Å². The van der Waals surface area contributed by atoms with E-state index in [4.69, 9.17) is 19.0 Å². The lowest BCUT2D eigenvalue weighted by Gasteiger charge is -2.07. The first kappa shape index (κ1) is 19.6. The monoisotopic (exact) mass is 405 g/mol. The molecule has 0 aliphatic carbocycles. The van der Waals surface area contributed by atoms with Gasteiger partial charge in [-0.05, 0) is 48.5 Å². The van der Waals surface area contributed by atoms with Gasteiger partial charge in [-0.25, -0.2) is 22.7 Å². The molecule has 1 heterocycles. The van der Waals surface area contributed by atoms with Gasteiger partial charge in [0, 0.05) is 0 Å². The van der Waals surface area contributed by atoms with Crippen LogP contribution in [0.15, 0.2) is 70.0 Å². The second-order valence-corrected chi connectivity index (χ2v) is 7.21. The molecule has 3 rings (SSSR count). The zero-order valence-electron chi connectivity index (χ0n) is 14.5. The molecular weight excluding hydrogens is 389 g/mol. The molecule has 2 N–H and O–H groups in total. The van der Waals surface area contributed by atoms with Crippen molar-refractivity contribution >= 4 is 16.0 Å². The highest BCUT2D eigenvalue weighted by Gasteiger charge is 2.15. The number of benzene rings is 2. The summed E-state index contributed by atoms with van der Waals surface area (Å²) in [5.41, 5.74) is 0.243. The van der Waals surface area contributed by atoms with Gasteiger partial charge in [0.15, 0.2) is 0 Å². The SMILES string of the molecule is NS(=O)(=O)c1ccc(OCCOC(=O)c2ccc(-c3ccccc3F)o2)cc1. The molecule has 28 heavy (non-hydrogen) atoms. The fourth-order valence-corrected chi connectivity index (χ4v) is 2.86. The third-order valence-electron chi connectivity index (χ3n) is 3.68. The molecule has 0 aliphatic rings. The van der Waals surface area contributed by atoms with Crippen molar-refractivity contribution in [3.63, 3.8) is 0 Å². The Morgan fingerprint density at radius 2 is 1.71 bits per heavy atom. The summed E-state index contributed by atoms with van der Waals surface area (Å²) in [6.45, 7) is -0.0210. The van der Waals surface area contributed by atoms with E-state index >= 15 is 0 Å². The van der Waals surface area contributed by atoms with Crippen molar-refractivity contribution in [3.8, 4) is 17.1 Å². The zero-order valence-corrected chi connectivity index (χ0v) is 15.3. The normalized spacial score (nSPS) is 11.2. The maximum Gasteiger partial charge on any atom is 0.374 e. The molecule has 9 heteroatoms. The van der Waals surface area contributed by atoms with Crippen molar-refractivity contribution in [1.82, 2.24) is 0 Å². The number of esters is 1. The molecule has 1 aromatic heterocycles. The maximum atomic E-state index is 13.8. The van der Waals surface area contributed by atoms with Gasteiger partial charge in [0.05, 0.1) is 10.5 Å². The number of sulfonamides is 1. The molecule has 0 atom stereocenters. The van der Waals surface area contributed by atoms with Crippen LogP contribution in [0.2, 0.25) is 0 Å². The molecule has 0 aliphatic heterocycles. The van der Waals surface area contributed by atoms with E-state index in [1.807, 2.05) is 0 Å². The molecule has 0 spiro atoms. The number of hydrogen-bond donors (Lipinski definition) is 1. The van der Waals surface area contributed by atoms with Crippen LogP contribution in [-0.4, -0.2) is 27.6 Å². The molecule has 2 aromatic carbocycles. The molecule has 0 saturated carbocycles. The number of ether oxygens (including phenoxy) is 2. The number of rotatable bonds is 7. The number of nitrogens with two attached hydrogens (primary N) is 1. The van der Waals surface area contributed by atoms with E-state index in [0.29, 0.717) is 5.75 Å². The van der Waals surface area contributed by atoms with Gasteiger partial charge in [-0.15, -0.1) is 0 Å². The van der Waals surface area contributed by atoms with Gasteiger partial charge in [0.1, 0.15) is 30.5 Å². The highest BCUT2D eigenvalue weighted by Crippen LogP contribution is 2.25. The Bertz CT molecular complexity index is 1080. The molecule has 0 bridgehead atoms. The predicted octanol–water partition coefficient (Wildman–Crippen LogP) is 2.97. The summed E-state index contributed by atoms with van der Waals surface area (Å²) in [4.78, 5) is 12.0. The van der Waals surface area contributed by atoms with Gasteiger partial charge in [-0.1, -0.05) is 12.1 Å². The van der Waals surface area contributed by atoms with E-state index in [9.17, 15) is 17.6 Å². The lowest BCUT2D eigenvalue weighted by atomic mass is 10.1. The third-order valence-corrected chi connectivity index (χ3v) is 4.61. The summed E-state index contributed by atoms with van der Waals surface area (Å²) in [5, 5.41) is 5.01. The summed E-state index contributed by atoms with van der Waals surface area (Å²) in [6, 6.07) is 14.4. The van der Waals surface area contributed by atoms with Crippen LogP contribution in [0.4, 0.5) is 4.39 Å². The maximum absolute atomic E-state index is 13.8. The second-order valence-electron chi connectivity index (χ2n) is 5.64. The Kier molecular flexibility index (Phi) is 5.76. The van der Waals surface area contributed by atoms with Gasteiger partial charge >= 0.3 is 5.97 Å². The van der Waals surface area contributed by atoms with E-state index < -0.39 is 21.8 Å². The number of carbonyl (C=O) groups is 1. The van der Waals surface area contributed by atoms with Crippen molar-refractivity contribution in [2.45, 2.75) is 4.90 Å². The summed E-state index contributed by atoms with van der Waals surface area (Å²) < 4.78 is 51.8. The molecule has 3 aromatic rings. The van der Waals surface area contributed by atoms with Crippen molar-refractivity contribution < 1.29 is 31.5 Å². The van der Waals surface area contributed by atoms with Crippen molar-refractivity contribution in [2.24, 2.45) is 5.14 Å². The minimum atomic E-state index is -3.77. The average molecular weight is 405 g/mol. The first-order valence-electron chi connectivity index (χ1n) is 8.12. The second kappa shape index (κ2) is 8.24. The smallest absolute Gasteiger partial charge is 0.374 e. The average Bonchev–Trinajstić information content (AvgIpc) is 3.15. The van der Waals surface area contributed by atoms with Gasteiger partial charge < -0.3 is 13.9 Å². The molecule has 7 nitrogen and oxygen atoms in total. The highest BCUT2D eigenvalue weighted by atomic mass is 32.2. The Morgan fingerprint density at radius 3 is 2.39 bits per heavy atom. The minimum Gasteiger partial charge on any atom is -0.490 e. The fraction of sp³-hybridized carbons (Fsp3) is 0.105. The Balaban J connectivity index is 1.51. The number of primary sulfonamides is 1. The highest BCUT2D eigenvalue weighted by molar-refractivity contribution is 7.89. The van der Waals surface area contributed by atoms with Crippen LogP contribution >= 0.6 is 0 Å². The standard InChI is InChI=1S/C19H16FNO6S/c20-16-4-2-1-3-15(16)17-9-10-18(27-17)19(22)26-12-11-25-13-5-7-14(8-6-13)28(21,23)24/h1-10H,11-12H2,(H2,21,23,24). The van der Waals surface area contributed by atoms with Crippen LogP contribution in [0.25, 0.3) is 11.3 Å². The van der Waals surface area contributed by atoms with E-state index in [1.54, 1.807) is 12.1 Å². The van der Waals surface area contributed by atoms with Crippen molar-refractivity contribution in [3.05, 3.63) is 72.2 Å². The molecular formula is C19H16FNO6S. The molecule has 0 amide bonds. The van der Waals surface area contributed by atoms with Gasteiger partial charge in [-0.3, -0.25) is 0 Å². The summed E-state index contributed by atoms with van der Waals surface area (Å²) >= 11 is 0. The number of furan rings is 1. The molecule has 0 unspecified atom stereocenters. The number of hydrogen-bond acceptors (Lipinski definition) is 6. The topological polar surface area (TPSA) is 109 Å². The summed E-state index contributed by atoms with van der Waals surface area (Å²) in [6.07, 6.45) is 0. The summed E-state index contributed by atoms with van der Waals surface area (Å²) in [5.74, 6) is -0.621. The lowest BCUT2D eigenvalue weighted by Crippen LogP contribution is -2.13. The number of halogens is 1. The Hall–Kier alpha value is -3.17. The van der Waals surface area contributed by atoms with E-state index in [2.05, 4.69) is 0 Å². The molecule has 0 fully saturated rings. The van der Waals surface area contributed by atoms with E-state index in [1.165, 1.54) is 48.5 Å². The van der Waals surface area contributed by atoms with Crippen LogP contribution in [0.1, 0.15) is 10.6 Å². The first-order chi connectivity index (χ1) is 13.3. The van der Waals surface area contributed by atoms with Crippen LogP contribution in [0.5, 0.6) is 5.75 Å². The van der Waals surface area contributed by atoms with Crippen LogP contribution in [0, 0.1) is 5.82 Å². The van der Waals surface area contributed by atoms with E-state index in [-0.39, 0.29) is 35.2 Å². The molecule has 0 saturated heterocycles. The van der Waals surface area contributed by atoms with Crippen LogP contribution in [-0.2, 0) is 14.8 Å². The molecule has 146 valence electrons. The Morgan fingerprint density at radius 1 is 1.00 bits per heavy atom. The minimum absolute atomic E-state index is 0.0326. The Labute approximate surface area is 160 Å². The summed E-state index contributed by atoms with van der Waals surface area (Å²) in [7, 11) is -3.77. The first-order valence-corrected chi connectivity index (χ1v) is 9.67. The number of carbonyl (C=O) groups excluding carboxylic acids is 1. The molecule has 0 radical (unpaired) electrons. The van der Waals surface area contributed by atoms with Crippen LogP contribution < -0.4 is 9.88 Å². The lowest BCUT2D eigenvalue weighted by molar-refractivity contribution is 0.0416.